The van der Waals surface area contributed by atoms with Crippen LogP contribution in [0.2, 0.25) is 5.02 Å². The molecule has 0 saturated carbocycles. The number of aryl methyl sites for hydroxylation is 2. The first-order valence-corrected chi connectivity index (χ1v) is 9.33. The van der Waals surface area contributed by atoms with Crippen LogP contribution >= 0.6 is 23.4 Å². The van der Waals surface area contributed by atoms with E-state index < -0.39 is 0 Å². The number of thioether (sulfide) groups is 1. The number of carbonyl (C=O) groups is 1. The monoisotopic (exact) mass is 381 g/mol. The largest absolute Gasteiger partial charge is 0.325 e. The number of hydrogen-bond donors (Lipinski definition) is 1. The molecule has 0 fully saturated rings. The molecular weight excluding hydrogens is 366 g/mol. The van der Waals surface area contributed by atoms with Crippen molar-refractivity contribution in [2.45, 2.75) is 18.9 Å². The smallest absolute Gasteiger partial charge is 0.234 e. The van der Waals surface area contributed by atoms with E-state index in [1.807, 2.05) is 32.0 Å². The molecule has 0 saturated heterocycles. The molecule has 0 spiro atoms. The molecule has 1 heterocycles. The third-order valence-electron chi connectivity index (χ3n) is 3.98. The Bertz CT molecular complexity index is 1030. The second kappa shape index (κ2) is 7.77. The molecule has 1 N–H and O–H groups in total. The van der Waals surface area contributed by atoms with Gasteiger partial charge < -0.3 is 5.32 Å². The highest BCUT2D eigenvalue weighted by Gasteiger charge is 2.11. The summed E-state index contributed by atoms with van der Waals surface area (Å²) in [5.74, 6) is 0.00361. The van der Waals surface area contributed by atoms with E-state index in [-0.39, 0.29) is 11.7 Å². The maximum Gasteiger partial charge on any atom is 0.234 e. The summed E-state index contributed by atoms with van der Waals surface area (Å²) < 4.78 is 0. The van der Waals surface area contributed by atoms with Gasteiger partial charge in [0.25, 0.3) is 0 Å². The van der Waals surface area contributed by atoms with Gasteiger partial charge in [-0.25, -0.2) is 4.98 Å². The topological polar surface area (TPSA) is 65.8 Å². The number of nitrogens with one attached hydrogen (secondary N) is 1. The predicted molar refractivity (Wildman–Crippen MR) is 107 cm³/mol. The van der Waals surface area contributed by atoms with Gasteiger partial charge in [0.15, 0.2) is 0 Å². The van der Waals surface area contributed by atoms with Gasteiger partial charge in [-0.15, -0.1) is 0 Å². The number of nitriles is 1. The lowest BCUT2D eigenvalue weighted by molar-refractivity contribution is -0.113. The summed E-state index contributed by atoms with van der Waals surface area (Å²) >= 11 is 7.09. The van der Waals surface area contributed by atoms with E-state index in [4.69, 9.17) is 11.6 Å². The SMILES string of the molecule is Cc1cc2cc(C#N)c(SCC(=O)Nc3ccc(Cl)cc3)nc2cc1C. The summed E-state index contributed by atoms with van der Waals surface area (Å²) in [7, 11) is 0. The van der Waals surface area contributed by atoms with Crippen LogP contribution in [0.1, 0.15) is 16.7 Å². The molecule has 0 radical (unpaired) electrons. The fraction of sp³-hybridized carbons (Fsp3) is 0.150. The Balaban J connectivity index is 1.77. The van der Waals surface area contributed by atoms with Crippen LogP contribution in [0, 0.1) is 25.2 Å². The van der Waals surface area contributed by atoms with E-state index in [1.54, 1.807) is 24.3 Å². The number of hydrogen-bond acceptors (Lipinski definition) is 4. The lowest BCUT2D eigenvalue weighted by atomic mass is 10.1. The second-order valence-corrected chi connectivity index (χ2v) is 7.33. The molecule has 1 aromatic heterocycles. The van der Waals surface area contributed by atoms with Crippen LogP contribution < -0.4 is 5.32 Å². The molecule has 0 aliphatic carbocycles. The number of amides is 1. The van der Waals surface area contributed by atoms with Crippen molar-refractivity contribution < 1.29 is 4.79 Å². The first kappa shape index (κ1) is 18.2. The molecule has 130 valence electrons. The number of benzene rings is 2. The lowest BCUT2D eigenvalue weighted by Gasteiger charge is -2.08. The lowest BCUT2D eigenvalue weighted by Crippen LogP contribution is -2.14. The normalized spacial score (nSPS) is 10.5. The molecule has 26 heavy (non-hydrogen) atoms. The first-order valence-electron chi connectivity index (χ1n) is 7.96. The van der Waals surface area contributed by atoms with Crippen LogP contribution in [0.25, 0.3) is 10.9 Å². The minimum Gasteiger partial charge on any atom is -0.325 e. The summed E-state index contributed by atoms with van der Waals surface area (Å²) in [5, 5.41) is 14.3. The maximum atomic E-state index is 12.2. The number of carbonyl (C=O) groups excluding carboxylic acids is 1. The van der Waals surface area contributed by atoms with Gasteiger partial charge in [-0.1, -0.05) is 23.4 Å². The van der Waals surface area contributed by atoms with Crippen molar-refractivity contribution in [2.24, 2.45) is 0 Å². The van der Waals surface area contributed by atoms with Crippen molar-refractivity contribution in [2.75, 3.05) is 11.1 Å². The zero-order chi connectivity index (χ0) is 18.7. The van der Waals surface area contributed by atoms with E-state index in [1.165, 1.54) is 11.8 Å². The summed E-state index contributed by atoms with van der Waals surface area (Å²) in [5.41, 5.74) is 4.29. The average Bonchev–Trinajstić information content (AvgIpc) is 2.62. The second-order valence-electron chi connectivity index (χ2n) is 5.93. The Morgan fingerprint density at radius 1 is 1.19 bits per heavy atom. The van der Waals surface area contributed by atoms with Crippen molar-refractivity contribution in [1.29, 1.82) is 5.26 Å². The van der Waals surface area contributed by atoms with Gasteiger partial charge in [-0.05, 0) is 67.4 Å². The fourth-order valence-electron chi connectivity index (χ4n) is 2.48. The molecule has 1 amide bonds. The van der Waals surface area contributed by atoms with Crippen LogP contribution in [-0.4, -0.2) is 16.6 Å². The van der Waals surface area contributed by atoms with Gasteiger partial charge in [-0.3, -0.25) is 4.79 Å². The Labute approximate surface area is 161 Å². The number of rotatable bonds is 4. The Kier molecular flexibility index (Phi) is 5.46. The van der Waals surface area contributed by atoms with Gasteiger partial charge in [0, 0.05) is 16.1 Å². The Morgan fingerprint density at radius 2 is 1.88 bits per heavy atom. The molecule has 0 atom stereocenters. The number of anilines is 1. The quantitative estimate of drug-likeness (QED) is 0.638. The van der Waals surface area contributed by atoms with E-state index >= 15 is 0 Å². The Hall–Kier alpha value is -2.55. The highest BCUT2D eigenvalue weighted by atomic mass is 35.5. The number of pyridine rings is 1. The molecule has 3 rings (SSSR count). The molecule has 0 aliphatic rings. The minimum absolute atomic E-state index is 0.164. The van der Waals surface area contributed by atoms with Crippen molar-refractivity contribution >= 4 is 45.9 Å². The molecule has 6 heteroatoms. The molecule has 0 unspecified atom stereocenters. The highest BCUT2D eigenvalue weighted by Crippen LogP contribution is 2.26. The number of aromatic nitrogens is 1. The molecule has 0 bridgehead atoms. The van der Waals surface area contributed by atoms with Gasteiger partial charge in [0.05, 0.1) is 16.8 Å². The zero-order valence-corrected chi connectivity index (χ0v) is 15.9. The van der Waals surface area contributed by atoms with Crippen molar-refractivity contribution in [1.82, 2.24) is 4.98 Å². The molecule has 0 aliphatic heterocycles. The number of halogens is 1. The van der Waals surface area contributed by atoms with Crippen molar-refractivity contribution in [3.63, 3.8) is 0 Å². The predicted octanol–water partition coefficient (Wildman–Crippen LogP) is 5.11. The minimum atomic E-state index is -0.164. The van der Waals surface area contributed by atoms with E-state index in [2.05, 4.69) is 16.4 Å². The summed E-state index contributed by atoms with van der Waals surface area (Å²) in [6.07, 6.45) is 0. The summed E-state index contributed by atoms with van der Waals surface area (Å²) in [6, 6.07) is 14.9. The zero-order valence-electron chi connectivity index (χ0n) is 14.3. The summed E-state index contributed by atoms with van der Waals surface area (Å²) in [6.45, 7) is 4.06. The molecule has 2 aromatic carbocycles. The van der Waals surface area contributed by atoms with Crippen molar-refractivity contribution in [3.05, 3.63) is 64.2 Å². The third-order valence-corrected chi connectivity index (χ3v) is 5.23. The van der Waals surface area contributed by atoms with E-state index in [9.17, 15) is 10.1 Å². The average molecular weight is 382 g/mol. The van der Waals surface area contributed by atoms with Crippen LogP contribution in [0.5, 0.6) is 0 Å². The summed E-state index contributed by atoms with van der Waals surface area (Å²) in [4.78, 5) is 16.7. The first-order chi connectivity index (χ1) is 12.5. The van der Waals surface area contributed by atoms with Crippen LogP contribution in [0.3, 0.4) is 0 Å². The number of nitrogens with zero attached hydrogens (tertiary/aromatic N) is 2. The van der Waals surface area contributed by atoms with Crippen LogP contribution in [0.15, 0.2) is 47.5 Å². The molecule has 3 aromatic rings. The van der Waals surface area contributed by atoms with E-state index in [0.29, 0.717) is 21.3 Å². The maximum absolute atomic E-state index is 12.2. The Morgan fingerprint density at radius 3 is 2.58 bits per heavy atom. The van der Waals surface area contributed by atoms with Gasteiger partial charge in [0.2, 0.25) is 5.91 Å². The fourth-order valence-corrected chi connectivity index (χ4v) is 3.37. The van der Waals surface area contributed by atoms with Crippen molar-refractivity contribution in [3.8, 4) is 6.07 Å². The molecule has 4 nitrogen and oxygen atoms in total. The highest BCUT2D eigenvalue weighted by molar-refractivity contribution is 8.00. The standard InChI is InChI=1S/C20H16ClN3OS/c1-12-7-14-9-15(10-22)20(24-18(14)8-13(12)2)26-11-19(25)23-17-5-3-16(21)4-6-17/h3-9H,11H2,1-2H3,(H,23,25). The van der Waals surface area contributed by atoms with Gasteiger partial charge >= 0.3 is 0 Å². The van der Waals surface area contributed by atoms with Gasteiger partial charge in [-0.2, -0.15) is 5.26 Å². The number of fused-ring (bicyclic) bond motifs is 1. The van der Waals surface area contributed by atoms with Crippen LogP contribution in [0.4, 0.5) is 5.69 Å². The van der Waals surface area contributed by atoms with Crippen LogP contribution in [-0.2, 0) is 4.79 Å². The molecular formula is C20H16ClN3OS. The third kappa shape index (κ3) is 4.16. The van der Waals surface area contributed by atoms with E-state index in [0.717, 1.165) is 22.0 Å². The van der Waals surface area contributed by atoms with Gasteiger partial charge in [0.1, 0.15) is 11.1 Å².